The van der Waals surface area contributed by atoms with Gasteiger partial charge >= 0.3 is 0 Å². The van der Waals surface area contributed by atoms with Crippen LogP contribution in [-0.2, 0) is 11.2 Å². The monoisotopic (exact) mass is 686 g/mol. The number of para-hydroxylation sites is 1. The van der Waals surface area contributed by atoms with Gasteiger partial charge in [0.15, 0.2) is 0 Å². The summed E-state index contributed by atoms with van der Waals surface area (Å²) in [5.41, 5.74) is 4.76. The van der Waals surface area contributed by atoms with Crippen molar-refractivity contribution in [2.24, 2.45) is 4.99 Å². The molecule has 0 spiro atoms. The number of rotatable bonds is 5. The lowest BCUT2D eigenvalue weighted by molar-refractivity contribution is -0.134. The number of piperazine rings is 1. The maximum absolute atomic E-state index is 13.9. The van der Waals surface area contributed by atoms with Crippen LogP contribution in [-0.4, -0.2) is 59.7 Å². The highest BCUT2D eigenvalue weighted by molar-refractivity contribution is 14.1. The summed E-state index contributed by atoms with van der Waals surface area (Å²) in [5, 5.41) is 3.06. The molecule has 6 rings (SSSR count). The number of halogens is 1. The summed E-state index contributed by atoms with van der Waals surface area (Å²) in [5.74, 6) is 0.650. The zero-order valence-corrected chi connectivity index (χ0v) is 26.3. The fraction of sp³-hybridized carbons (Fsp3) is 0.206. The third kappa shape index (κ3) is 6.24. The highest BCUT2D eigenvalue weighted by Crippen LogP contribution is 2.40. The normalized spacial score (nSPS) is 15.1. The first-order valence-electron chi connectivity index (χ1n) is 14.1. The zero-order chi connectivity index (χ0) is 29.1. The fourth-order valence-electron chi connectivity index (χ4n) is 5.29. The first-order chi connectivity index (χ1) is 20.5. The summed E-state index contributed by atoms with van der Waals surface area (Å²) in [6.07, 6.45) is 0.433. The van der Waals surface area contributed by atoms with E-state index in [0.717, 1.165) is 36.7 Å². The summed E-state index contributed by atoms with van der Waals surface area (Å²) >= 11 is 3.98. The highest BCUT2D eigenvalue weighted by Gasteiger charge is 2.31. The van der Waals surface area contributed by atoms with Crippen molar-refractivity contribution in [2.45, 2.75) is 29.2 Å². The Morgan fingerprint density at radius 1 is 0.881 bits per heavy atom. The van der Waals surface area contributed by atoms with Crippen LogP contribution in [0.4, 0.5) is 5.69 Å². The number of aryl methyl sites for hydroxylation is 1. The Labute approximate surface area is 264 Å². The molecule has 2 heterocycles. The molecule has 8 heteroatoms. The van der Waals surface area contributed by atoms with E-state index in [9.17, 15) is 9.59 Å². The second-order valence-electron chi connectivity index (χ2n) is 10.5. The summed E-state index contributed by atoms with van der Waals surface area (Å²) in [4.78, 5) is 38.8. The molecule has 4 aromatic carbocycles. The van der Waals surface area contributed by atoms with E-state index in [0.29, 0.717) is 38.2 Å². The third-order valence-electron chi connectivity index (χ3n) is 7.65. The number of fused-ring (bicyclic) bond motifs is 2. The number of benzene rings is 4. The van der Waals surface area contributed by atoms with E-state index in [-0.39, 0.29) is 11.8 Å². The molecule has 1 fully saturated rings. The van der Waals surface area contributed by atoms with Crippen LogP contribution in [0, 0.1) is 10.5 Å². The minimum atomic E-state index is -0.662. The maximum atomic E-state index is 13.9. The number of carbonyl (C=O) groups excluding carboxylic acids is 2. The number of carbonyl (C=O) groups is 2. The molecule has 0 bridgehead atoms. The third-order valence-corrected chi connectivity index (χ3v) is 9.95. The lowest BCUT2D eigenvalue weighted by atomic mass is 10.0. The summed E-state index contributed by atoms with van der Waals surface area (Å²) in [7, 11) is 0. The molecular weight excluding hydrogens is 655 g/mol. The van der Waals surface area contributed by atoms with Gasteiger partial charge in [-0.25, -0.2) is 4.99 Å². The number of amidine groups is 1. The van der Waals surface area contributed by atoms with Gasteiger partial charge in [0.2, 0.25) is 5.91 Å². The molecule has 0 aromatic heterocycles. The van der Waals surface area contributed by atoms with Crippen molar-refractivity contribution in [1.82, 2.24) is 15.1 Å². The number of amides is 2. The van der Waals surface area contributed by atoms with Crippen LogP contribution < -0.4 is 5.32 Å². The van der Waals surface area contributed by atoms with E-state index in [1.807, 2.05) is 72.5 Å². The van der Waals surface area contributed by atoms with Gasteiger partial charge in [-0.3, -0.25) is 9.59 Å². The first-order valence-corrected chi connectivity index (χ1v) is 16.0. The van der Waals surface area contributed by atoms with Crippen LogP contribution in [0.5, 0.6) is 0 Å². The standard InChI is InChI=1S/C34H31IN4O2S/c1-23-15-16-25(22-27(23)35)33(40)37-29(21-24-9-3-2-4-10-24)34(41)39-19-17-38(18-20-39)32-26-11-5-7-13-30(26)42-31-14-8-6-12-28(31)36-32/h2-16,22,29H,17-21H2,1H3,(H,37,40). The molecule has 2 aliphatic heterocycles. The van der Waals surface area contributed by atoms with Crippen molar-refractivity contribution >= 4 is 57.7 Å². The maximum Gasteiger partial charge on any atom is 0.251 e. The van der Waals surface area contributed by atoms with Crippen LogP contribution in [0.3, 0.4) is 0 Å². The van der Waals surface area contributed by atoms with E-state index in [1.165, 1.54) is 4.90 Å². The SMILES string of the molecule is Cc1ccc(C(=O)NC(Cc2ccccc2)C(=O)N2CCN(C3=Nc4ccccc4Sc4ccccc43)CC2)cc1I. The Kier molecular flexibility index (Phi) is 8.62. The molecule has 212 valence electrons. The van der Waals surface area contributed by atoms with Gasteiger partial charge in [0, 0.05) is 57.1 Å². The van der Waals surface area contributed by atoms with Crippen molar-refractivity contribution in [3.8, 4) is 0 Å². The van der Waals surface area contributed by atoms with E-state index >= 15 is 0 Å². The van der Waals surface area contributed by atoms with Gasteiger partial charge < -0.3 is 15.1 Å². The predicted octanol–water partition coefficient (Wildman–Crippen LogP) is 6.33. The van der Waals surface area contributed by atoms with Crippen molar-refractivity contribution in [1.29, 1.82) is 0 Å². The molecule has 0 saturated carbocycles. The molecule has 0 radical (unpaired) electrons. The Bertz CT molecular complexity index is 1650. The number of hydrogen-bond donors (Lipinski definition) is 1. The molecular formula is C34H31IN4O2S. The Morgan fingerprint density at radius 3 is 2.33 bits per heavy atom. The molecule has 1 N–H and O–H groups in total. The van der Waals surface area contributed by atoms with Gasteiger partial charge in [0.25, 0.3) is 5.91 Å². The molecule has 2 amide bonds. The van der Waals surface area contributed by atoms with Crippen molar-refractivity contribution in [3.05, 3.63) is 123 Å². The predicted molar refractivity (Wildman–Crippen MR) is 177 cm³/mol. The molecule has 1 saturated heterocycles. The zero-order valence-electron chi connectivity index (χ0n) is 23.3. The number of nitrogens with zero attached hydrogens (tertiary/aromatic N) is 3. The highest BCUT2D eigenvalue weighted by atomic mass is 127. The van der Waals surface area contributed by atoms with Crippen LogP contribution >= 0.6 is 34.4 Å². The van der Waals surface area contributed by atoms with E-state index < -0.39 is 6.04 Å². The lowest BCUT2D eigenvalue weighted by Gasteiger charge is -2.38. The van der Waals surface area contributed by atoms with Gasteiger partial charge in [-0.15, -0.1) is 0 Å². The van der Waals surface area contributed by atoms with Gasteiger partial charge in [0.1, 0.15) is 11.9 Å². The van der Waals surface area contributed by atoms with Crippen LogP contribution in [0.25, 0.3) is 0 Å². The minimum absolute atomic E-state index is 0.0576. The van der Waals surface area contributed by atoms with Gasteiger partial charge in [0.05, 0.1) is 5.69 Å². The molecule has 42 heavy (non-hydrogen) atoms. The molecule has 2 aliphatic rings. The van der Waals surface area contributed by atoms with E-state index in [1.54, 1.807) is 11.8 Å². The smallest absolute Gasteiger partial charge is 0.251 e. The van der Waals surface area contributed by atoms with Crippen molar-refractivity contribution < 1.29 is 9.59 Å². The minimum Gasteiger partial charge on any atom is -0.353 e. The molecule has 6 nitrogen and oxygen atoms in total. The second-order valence-corrected chi connectivity index (χ2v) is 12.7. The Balaban J connectivity index is 1.20. The van der Waals surface area contributed by atoms with Gasteiger partial charge in [-0.2, -0.15) is 0 Å². The van der Waals surface area contributed by atoms with Crippen LogP contribution in [0.15, 0.2) is 112 Å². The Hall–Kier alpha value is -3.63. The molecule has 1 unspecified atom stereocenters. The van der Waals surface area contributed by atoms with E-state index in [2.05, 4.69) is 69.2 Å². The lowest BCUT2D eigenvalue weighted by Crippen LogP contribution is -2.56. The van der Waals surface area contributed by atoms with E-state index in [4.69, 9.17) is 4.99 Å². The van der Waals surface area contributed by atoms with Crippen LogP contribution in [0.1, 0.15) is 27.0 Å². The molecule has 1 atom stereocenters. The topological polar surface area (TPSA) is 65.0 Å². The quantitative estimate of drug-likeness (QED) is 0.250. The Morgan fingerprint density at radius 2 is 1.57 bits per heavy atom. The summed E-state index contributed by atoms with van der Waals surface area (Å²) in [6.45, 7) is 4.44. The summed E-state index contributed by atoms with van der Waals surface area (Å²) in [6, 6.07) is 31.4. The molecule has 4 aromatic rings. The molecule has 0 aliphatic carbocycles. The first kappa shape index (κ1) is 28.5. The van der Waals surface area contributed by atoms with Crippen molar-refractivity contribution in [3.63, 3.8) is 0 Å². The largest absolute Gasteiger partial charge is 0.353 e. The van der Waals surface area contributed by atoms with Crippen LogP contribution in [0.2, 0.25) is 0 Å². The number of hydrogen-bond acceptors (Lipinski definition) is 5. The van der Waals surface area contributed by atoms with Gasteiger partial charge in [-0.05, 0) is 71.0 Å². The van der Waals surface area contributed by atoms with Gasteiger partial charge in [-0.1, -0.05) is 78.5 Å². The average Bonchev–Trinajstić information content (AvgIpc) is 3.19. The second kappa shape index (κ2) is 12.7. The fourth-order valence-corrected chi connectivity index (χ4v) is 6.83. The number of nitrogens with one attached hydrogen (secondary N) is 1. The van der Waals surface area contributed by atoms with Crippen molar-refractivity contribution in [2.75, 3.05) is 26.2 Å². The number of aliphatic imine (C=N–C) groups is 1. The average molecular weight is 687 g/mol. The summed E-state index contributed by atoms with van der Waals surface area (Å²) < 4.78 is 1.02.